The molecule has 0 unspecified atom stereocenters. The average molecular weight is 596 g/mol. The maximum absolute atomic E-state index is 5.09. The van der Waals surface area contributed by atoms with Crippen LogP contribution in [-0.4, -0.2) is 15.0 Å². The average Bonchev–Trinajstić information content (AvgIpc) is 3.10. The second-order valence-corrected chi connectivity index (χ2v) is 14.0. The summed E-state index contributed by atoms with van der Waals surface area (Å²) in [7, 11) is 0. The molecule has 0 radical (unpaired) electrons. The van der Waals surface area contributed by atoms with Crippen molar-refractivity contribution in [1.29, 1.82) is 0 Å². The molecule has 0 saturated heterocycles. The fourth-order valence-corrected chi connectivity index (χ4v) is 7.18. The van der Waals surface area contributed by atoms with E-state index < -0.39 is 0 Å². The fourth-order valence-electron chi connectivity index (χ4n) is 7.18. The van der Waals surface area contributed by atoms with E-state index in [-0.39, 0.29) is 10.8 Å². The van der Waals surface area contributed by atoms with Crippen LogP contribution in [0.5, 0.6) is 0 Å². The Labute approximate surface area is 271 Å². The van der Waals surface area contributed by atoms with Gasteiger partial charge in [-0.05, 0) is 79.6 Å². The Morgan fingerprint density at radius 2 is 0.935 bits per heavy atom. The number of hydrogen-bond acceptors (Lipinski definition) is 3. The van der Waals surface area contributed by atoms with Crippen molar-refractivity contribution in [3.63, 3.8) is 0 Å². The quantitative estimate of drug-likeness (QED) is 0.190. The van der Waals surface area contributed by atoms with E-state index in [9.17, 15) is 0 Å². The van der Waals surface area contributed by atoms with Crippen LogP contribution in [0.15, 0.2) is 127 Å². The molecule has 0 spiro atoms. The molecule has 0 saturated carbocycles. The van der Waals surface area contributed by atoms with E-state index >= 15 is 0 Å². The highest BCUT2D eigenvalue weighted by atomic mass is 15.0. The molecule has 3 nitrogen and oxygen atoms in total. The van der Waals surface area contributed by atoms with E-state index in [1.54, 1.807) is 0 Å². The van der Waals surface area contributed by atoms with Gasteiger partial charge in [-0.1, -0.05) is 143 Å². The van der Waals surface area contributed by atoms with Crippen molar-refractivity contribution in [3.8, 4) is 45.3 Å². The van der Waals surface area contributed by atoms with Gasteiger partial charge < -0.3 is 0 Å². The monoisotopic (exact) mass is 595 g/mol. The Bertz CT molecular complexity index is 2190. The third kappa shape index (κ3) is 4.87. The minimum Gasteiger partial charge on any atom is -0.208 e. The van der Waals surface area contributed by atoms with Crippen molar-refractivity contribution < 1.29 is 0 Å². The van der Waals surface area contributed by atoms with Crippen LogP contribution in [0.3, 0.4) is 0 Å². The lowest BCUT2D eigenvalue weighted by molar-refractivity contribution is 0.332. The van der Waals surface area contributed by atoms with E-state index in [0.29, 0.717) is 17.5 Å². The van der Waals surface area contributed by atoms with E-state index in [0.717, 1.165) is 22.1 Å². The van der Waals surface area contributed by atoms with Crippen LogP contribution in [-0.2, 0) is 10.8 Å². The highest BCUT2D eigenvalue weighted by Crippen LogP contribution is 2.47. The first kappa shape index (κ1) is 28.3. The zero-order chi connectivity index (χ0) is 31.5. The van der Waals surface area contributed by atoms with Gasteiger partial charge in [0.1, 0.15) is 0 Å². The predicted octanol–water partition coefficient (Wildman–Crippen LogP) is 11.2. The summed E-state index contributed by atoms with van der Waals surface area (Å²) in [6.07, 6.45) is 2.42. The van der Waals surface area contributed by atoms with Crippen LogP contribution in [0.2, 0.25) is 0 Å². The molecule has 7 aromatic rings. The fraction of sp³-hybridized carbons (Fsp3) is 0.186. The van der Waals surface area contributed by atoms with E-state index in [1.165, 1.54) is 51.3 Å². The third-order valence-electron chi connectivity index (χ3n) is 9.99. The summed E-state index contributed by atoms with van der Waals surface area (Å²) in [5, 5.41) is 4.72. The summed E-state index contributed by atoms with van der Waals surface area (Å²) in [5.41, 5.74) is 8.75. The molecular weight excluding hydrogens is 558 g/mol. The molecule has 0 atom stereocenters. The molecule has 6 aromatic carbocycles. The minimum atomic E-state index is 0.159. The second kappa shape index (κ2) is 10.7. The number of fused-ring (bicyclic) bond motifs is 4. The topological polar surface area (TPSA) is 38.7 Å². The minimum absolute atomic E-state index is 0.159. The highest BCUT2D eigenvalue weighted by Gasteiger charge is 2.37. The standard InChI is InChI=1S/C43H37N3/c1-42(2)23-24-43(3,4)38-27-31(20-22-37(38)42)30-19-21-33-32(25-30)26-36(35-18-12-11-17-34(33)35)41-45-39(28-13-7-5-8-14-28)44-40(46-41)29-15-9-6-10-16-29/h5-22,25-27H,23-24H2,1-4H3. The maximum Gasteiger partial charge on any atom is 0.164 e. The summed E-state index contributed by atoms with van der Waals surface area (Å²) >= 11 is 0. The lowest BCUT2D eigenvalue weighted by Crippen LogP contribution is -2.33. The van der Waals surface area contributed by atoms with Crippen LogP contribution in [0.4, 0.5) is 0 Å². The molecule has 0 bridgehead atoms. The van der Waals surface area contributed by atoms with Crippen LogP contribution in [0.1, 0.15) is 51.7 Å². The molecule has 0 fully saturated rings. The SMILES string of the molecule is CC1(C)CCC(C)(C)c2cc(-c3ccc4c(c3)cc(-c3nc(-c5ccccc5)nc(-c5ccccc5)n3)c3ccccc34)ccc21. The van der Waals surface area contributed by atoms with E-state index in [2.05, 4.69) is 119 Å². The van der Waals surface area contributed by atoms with Crippen LogP contribution >= 0.6 is 0 Å². The Balaban J connectivity index is 1.34. The van der Waals surface area contributed by atoms with Gasteiger partial charge >= 0.3 is 0 Å². The Kier molecular flexibility index (Phi) is 6.61. The smallest absolute Gasteiger partial charge is 0.164 e. The van der Waals surface area contributed by atoms with Gasteiger partial charge in [0.05, 0.1) is 0 Å². The van der Waals surface area contributed by atoms with Crippen LogP contribution in [0, 0.1) is 0 Å². The van der Waals surface area contributed by atoms with Crippen molar-refractivity contribution in [2.45, 2.75) is 51.4 Å². The van der Waals surface area contributed by atoms with Gasteiger partial charge in [0.15, 0.2) is 17.5 Å². The molecule has 1 heterocycles. The van der Waals surface area contributed by atoms with Gasteiger partial charge in [-0.15, -0.1) is 0 Å². The van der Waals surface area contributed by atoms with Crippen molar-refractivity contribution in [1.82, 2.24) is 15.0 Å². The lowest BCUT2D eigenvalue weighted by atomic mass is 9.63. The van der Waals surface area contributed by atoms with Gasteiger partial charge in [-0.2, -0.15) is 0 Å². The van der Waals surface area contributed by atoms with Gasteiger partial charge in [0, 0.05) is 16.7 Å². The number of aromatic nitrogens is 3. The molecule has 8 rings (SSSR count). The number of hydrogen-bond donors (Lipinski definition) is 0. The molecule has 224 valence electrons. The van der Waals surface area contributed by atoms with Crippen LogP contribution < -0.4 is 0 Å². The first-order valence-corrected chi connectivity index (χ1v) is 16.3. The van der Waals surface area contributed by atoms with Crippen molar-refractivity contribution in [3.05, 3.63) is 139 Å². The molecular formula is C43H37N3. The van der Waals surface area contributed by atoms with Gasteiger partial charge in [0.25, 0.3) is 0 Å². The summed E-state index contributed by atoms with van der Waals surface area (Å²) in [5.74, 6) is 2.01. The summed E-state index contributed by atoms with van der Waals surface area (Å²) in [6.45, 7) is 9.56. The number of rotatable bonds is 4. The van der Waals surface area contributed by atoms with Crippen LogP contribution in [0.25, 0.3) is 66.8 Å². The largest absolute Gasteiger partial charge is 0.208 e. The second-order valence-electron chi connectivity index (χ2n) is 14.0. The molecule has 0 N–H and O–H groups in total. The Morgan fingerprint density at radius 1 is 0.413 bits per heavy atom. The third-order valence-corrected chi connectivity index (χ3v) is 9.99. The molecule has 1 aromatic heterocycles. The maximum atomic E-state index is 5.09. The molecule has 3 heteroatoms. The molecule has 0 aliphatic heterocycles. The van der Waals surface area contributed by atoms with E-state index in [4.69, 9.17) is 15.0 Å². The number of nitrogens with zero attached hydrogens (tertiary/aromatic N) is 3. The van der Waals surface area contributed by atoms with Gasteiger partial charge in [0.2, 0.25) is 0 Å². The highest BCUT2D eigenvalue weighted by molar-refractivity contribution is 6.14. The first-order chi connectivity index (χ1) is 22.3. The normalized spacial score (nSPS) is 15.1. The first-order valence-electron chi connectivity index (χ1n) is 16.3. The zero-order valence-electron chi connectivity index (χ0n) is 26.9. The summed E-state index contributed by atoms with van der Waals surface area (Å²) < 4.78 is 0. The Hall–Kier alpha value is -5.15. The molecule has 1 aliphatic carbocycles. The van der Waals surface area contributed by atoms with Gasteiger partial charge in [-0.25, -0.2) is 15.0 Å². The van der Waals surface area contributed by atoms with Crippen molar-refractivity contribution >= 4 is 21.5 Å². The molecule has 0 amide bonds. The van der Waals surface area contributed by atoms with E-state index in [1.807, 2.05) is 36.4 Å². The number of benzene rings is 6. The summed E-state index contributed by atoms with van der Waals surface area (Å²) in [4.78, 5) is 15.1. The predicted molar refractivity (Wildman–Crippen MR) is 192 cm³/mol. The van der Waals surface area contributed by atoms with Gasteiger partial charge in [-0.3, -0.25) is 0 Å². The van der Waals surface area contributed by atoms with Crippen molar-refractivity contribution in [2.75, 3.05) is 0 Å². The summed E-state index contributed by atoms with van der Waals surface area (Å²) in [6, 6.07) is 45.3. The Morgan fingerprint density at radius 3 is 1.59 bits per heavy atom. The zero-order valence-corrected chi connectivity index (χ0v) is 26.9. The molecule has 1 aliphatic rings. The molecule has 46 heavy (non-hydrogen) atoms. The lowest BCUT2D eigenvalue weighted by Gasteiger charge is -2.42. The van der Waals surface area contributed by atoms with Crippen molar-refractivity contribution in [2.24, 2.45) is 0 Å².